The van der Waals surface area contributed by atoms with Crippen LogP contribution in [0.2, 0.25) is 0 Å². The van der Waals surface area contributed by atoms with Crippen molar-refractivity contribution in [3.8, 4) is 6.07 Å². The van der Waals surface area contributed by atoms with E-state index in [0.29, 0.717) is 12.1 Å². The normalized spacial score (nSPS) is 22.3. The fourth-order valence-corrected chi connectivity index (χ4v) is 4.61. The van der Waals surface area contributed by atoms with Gasteiger partial charge >= 0.3 is 0 Å². The fraction of sp³-hybridized carbons (Fsp3) is 0.435. The Bertz CT molecular complexity index is 876. The number of amides is 1. The number of pyridine rings is 1. The molecule has 2 aromatic rings. The first kappa shape index (κ1) is 18.5. The highest BCUT2D eigenvalue weighted by atomic mass is 16.2. The standard InChI is InChI=1S/C23H26N4O/c24-16-20-8-4-9-21(25-20)26-14-5-12-23(17-26)13-10-22(28)27(18-23)15-11-19-6-2-1-3-7-19/h1-4,6-9H,5,10-15,17-18H2. The Morgan fingerprint density at radius 1 is 1.07 bits per heavy atom. The molecule has 2 aliphatic heterocycles. The van der Waals surface area contributed by atoms with E-state index in [1.807, 2.05) is 18.2 Å². The fourth-order valence-electron chi connectivity index (χ4n) is 4.61. The molecule has 5 heteroatoms. The molecule has 0 aliphatic carbocycles. The van der Waals surface area contributed by atoms with Gasteiger partial charge in [0.2, 0.25) is 5.91 Å². The first-order chi connectivity index (χ1) is 13.7. The molecule has 0 N–H and O–H groups in total. The van der Waals surface area contributed by atoms with Gasteiger partial charge < -0.3 is 9.80 Å². The number of aromatic nitrogens is 1. The van der Waals surface area contributed by atoms with E-state index in [9.17, 15) is 4.79 Å². The van der Waals surface area contributed by atoms with Crippen molar-refractivity contribution in [2.75, 3.05) is 31.1 Å². The lowest BCUT2D eigenvalue weighted by molar-refractivity contribution is -0.137. The zero-order valence-corrected chi connectivity index (χ0v) is 16.2. The number of rotatable bonds is 4. The predicted octanol–water partition coefficient (Wildman–Crippen LogP) is 3.40. The van der Waals surface area contributed by atoms with Crippen LogP contribution in [0.3, 0.4) is 0 Å². The van der Waals surface area contributed by atoms with Crippen molar-refractivity contribution in [2.24, 2.45) is 5.41 Å². The van der Waals surface area contributed by atoms with Crippen molar-refractivity contribution >= 4 is 11.7 Å². The zero-order chi connectivity index (χ0) is 19.4. The average Bonchev–Trinajstić information content (AvgIpc) is 2.75. The molecule has 1 unspecified atom stereocenters. The number of nitrogens with zero attached hydrogens (tertiary/aromatic N) is 4. The molecular formula is C23H26N4O. The summed E-state index contributed by atoms with van der Waals surface area (Å²) in [5.74, 6) is 1.16. The molecule has 0 saturated carbocycles. The van der Waals surface area contributed by atoms with Gasteiger partial charge in [-0.1, -0.05) is 36.4 Å². The highest BCUT2D eigenvalue weighted by Gasteiger charge is 2.41. The third kappa shape index (κ3) is 4.01. The summed E-state index contributed by atoms with van der Waals surface area (Å²) >= 11 is 0. The molecule has 3 heterocycles. The molecule has 2 fully saturated rings. The summed E-state index contributed by atoms with van der Waals surface area (Å²) in [5, 5.41) is 9.14. The summed E-state index contributed by atoms with van der Waals surface area (Å²) in [6, 6.07) is 18.1. The molecule has 0 bridgehead atoms. The minimum atomic E-state index is 0.132. The third-order valence-corrected chi connectivity index (χ3v) is 6.10. The van der Waals surface area contributed by atoms with Gasteiger partial charge in [-0.05, 0) is 43.4 Å². The topological polar surface area (TPSA) is 60.2 Å². The van der Waals surface area contributed by atoms with Gasteiger partial charge in [0.15, 0.2) is 0 Å². The number of piperidine rings is 2. The van der Waals surface area contributed by atoms with Crippen LogP contribution in [0.5, 0.6) is 0 Å². The number of carbonyl (C=O) groups excluding carboxylic acids is 1. The van der Waals surface area contributed by atoms with Crippen molar-refractivity contribution in [2.45, 2.75) is 32.1 Å². The maximum absolute atomic E-state index is 12.5. The van der Waals surface area contributed by atoms with E-state index in [-0.39, 0.29) is 11.3 Å². The monoisotopic (exact) mass is 374 g/mol. The van der Waals surface area contributed by atoms with E-state index in [1.165, 1.54) is 5.56 Å². The van der Waals surface area contributed by atoms with Crippen LogP contribution >= 0.6 is 0 Å². The van der Waals surface area contributed by atoms with Crippen LogP contribution < -0.4 is 4.90 Å². The first-order valence-corrected chi connectivity index (χ1v) is 10.1. The molecule has 0 radical (unpaired) electrons. The summed E-state index contributed by atoms with van der Waals surface area (Å²) in [6.45, 7) is 3.48. The van der Waals surface area contributed by atoms with Crippen LogP contribution in [0.15, 0.2) is 48.5 Å². The molecule has 1 aromatic heterocycles. The van der Waals surface area contributed by atoms with Crippen molar-refractivity contribution in [3.05, 3.63) is 59.8 Å². The summed E-state index contributed by atoms with van der Waals surface area (Å²) in [4.78, 5) is 21.4. The molecule has 1 atom stereocenters. The molecule has 4 rings (SSSR count). The summed E-state index contributed by atoms with van der Waals surface area (Å²) in [6.07, 6.45) is 4.73. The van der Waals surface area contributed by atoms with Gasteiger partial charge in [-0.25, -0.2) is 4.98 Å². The summed E-state index contributed by atoms with van der Waals surface area (Å²) in [7, 11) is 0. The van der Waals surface area contributed by atoms with Crippen LogP contribution in [-0.4, -0.2) is 42.0 Å². The molecular weight excluding hydrogens is 348 g/mol. The second kappa shape index (κ2) is 8.02. The van der Waals surface area contributed by atoms with Crippen molar-refractivity contribution < 1.29 is 4.79 Å². The number of carbonyl (C=O) groups is 1. The predicted molar refractivity (Wildman–Crippen MR) is 109 cm³/mol. The summed E-state index contributed by atoms with van der Waals surface area (Å²) in [5.41, 5.74) is 1.87. The molecule has 1 spiro atoms. The highest BCUT2D eigenvalue weighted by Crippen LogP contribution is 2.40. The number of benzene rings is 1. The Morgan fingerprint density at radius 3 is 2.75 bits per heavy atom. The van der Waals surface area contributed by atoms with E-state index in [1.54, 1.807) is 6.07 Å². The molecule has 2 aliphatic rings. The number of hydrogen-bond donors (Lipinski definition) is 0. The van der Waals surface area contributed by atoms with Gasteiger partial charge in [0.1, 0.15) is 17.6 Å². The lowest BCUT2D eigenvalue weighted by Gasteiger charge is -2.48. The van der Waals surface area contributed by atoms with E-state index in [2.05, 4.69) is 45.1 Å². The molecule has 28 heavy (non-hydrogen) atoms. The Hall–Kier alpha value is -2.87. The van der Waals surface area contributed by atoms with Crippen LogP contribution in [0.25, 0.3) is 0 Å². The molecule has 1 aromatic carbocycles. The minimum absolute atomic E-state index is 0.132. The Kier molecular flexibility index (Phi) is 5.29. The van der Waals surface area contributed by atoms with Crippen LogP contribution in [0.4, 0.5) is 5.82 Å². The van der Waals surface area contributed by atoms with Crippen molar-refractivity contribution in [3.63, 3.8) is 0 Å². The third-order valence-electron chi connectivity index (χ3n) is 6.10. The van der Waals surface area contributed by atoms with Crippen molar-refractivity contribution in [1.82, 2.24) is 9.88 Å². The Labute approximate surface area is 166 Å². The molecule has 2 saturated heterocycles. The largest absolute Gasteiger partial charge is 0.356 e. The maximum atomic E-state index is 12.5. The Morgan fingerprint density at radius 2 is 1.93 bits per heavy atom. The zero-order valence-electron chi connectivity index (χ0n) is 16.2. The van der Waals surface area contributed by atoms with Gasteiger partial charge in [-0.3, -0.25) is 4.79 Å². The van der Waals surface area contributed by atoms with Gasteiger partial charge in [0.05, 0.1) is 0 Å². The smallest absolute Gasteiger partial charge is 0.222 e. The lowest BCUT2D eigenvalue weighted by Crippen LogP contribution is -2.54. The average molecular weight is 374 g/mol. The SMILES string of the molecule is N#Cc1cccc(N2CCCC3(CCC(=O)N(CCc4ccccc4)C3)C2)n1. The highest BCUT2D eigenvalue weighted by molar-refractivity contribution is 5.77. The molecule has 144 valence electrons. The lowest BCUT2D eigenvalue weighted by atomic mass is 9.73. The van der Waals surface area contributed by atoms with E-state index in [4.69, 9.17) is 5.26 Å². The Balaban J connectivity index is 1.45. The van der Waals surface area contributed by atoms with E-state index >= 15 is 0 Å². The first-order valence-electron chi connectivity index (χ1n) is 10.1. The second-order valence-corrected chi connectivity index (χ2v) is 8.07. The van der Waals surface area contributed by atoms with Gasteiger partial charge in [0.25, 0.3) is 0 Å². The van der Waals surface area contributed by atoms with Crippen LogP contribution in [0, 0.1) is 16.7 Å². The van der Waals surface area contributed by atoms with Gasteiger partial charge in [-0.15, -0.1) is 0 Å². The summed E-state index contributed by atoms with van der Waals surface area (Å²) < 4.78 is 0. The number of nitriles is 1. The van der Waals surface area contributed by atoms with Crippen molar-refractivity contribution in [1.29, 1.82) is 5.26 Å². The number of likely N-dealkylation sites (tertiary alicyclic amines) is 1. The second-order valence-electron chi connectivity index (χ2n) is 8.07. The van der Waals surface area contributed by atoms with Gasteiger partial charge in [0, 0.05) is 38.0 Å². The quantitative estimate of drug-likeness (QED) is 0.823. The van der Waals surface area contributed by atoms with Gasteiger partial charge in [-0.2, -0.15) is 5.26 Å². The minimum Gasteiger partial charge on any atom is -0.356 e. The van der Waals surface area contributed by atoms with E-state index < -0.39 is 0 Å². The van der Waals surface area contributed by atoms with E-state index in [0.717, 1.165) is 57.7 Å². The number of anilines is 1. The molecule has 1 amide bonds. The van der Waals surface area contributed by atoms with Crippen LogP contribution in [-0.2, 0) is 11.2 Å². The van der Waals surface area contributed by atoms with Crippen LogP contribution in [0.1, 0.15) is 36.9 Å². The number of hydrogen-bond acceptors (Lipinski definition) is 4. The molecule has 5 nitrogen and oxygen atoms in total. The maximum Gasteiger partial charge on any atom is 0.222 e.